The fraction of sp³-hybridized carbons (Fsp3) is 0. The van der Waals surface area contributed by atoms with Crippen LogP contribution in [-0.4, -0.2) is 19.9 Å². The van der Waals surface area contributed by atoms with Crippen molar-refractivity contribution in [3.63, 3.8) is 0 Å². The van der Waals surface area contributed by atoms with E-state index in [9.17, 15) is 0 Å². The number of pyridine rings is 2. The van der Waals surface area contributed by atoms with E-state index in [1.165, 1.54) is 43.4 Å². The van der Waals surface area contributed by atoms with Gasteiger partial charge in [0, 0.05) is 29.5 Å². The van der Waals surface area contributed by atoms with Crippen LogP contribution >= 0.6 is 0 Å². The lowest BCUT2D eigenvalue weighted by Gasteiger charge is -2.13. The van der Waals surface area contributed by atoms with Crippen molar-refractivity contribution in [1.29, 1.82) is 0 Å². The average Bonchev–Trinajstić information content (AvgIpc) is 3.23. The molecule has 7 aromatic carbocycles. The number of para-hydroxylation sites is 1. The van der Waals surface area contributed by atoms with Crippen LogP contribution in [0.15, 0.2) is 182 Å². The van der Waals surface area contributed by atoms with Gasteiger partial charge in [0.1, 0.15) is 5.69 Å². The van der Waals surface area contributed by atoms with E-state index >= 15 is 0 Å². The van der Waals surface area contributed by atoms with Gasteiger partial charge in [-0.1, -0.05) is 115 Å². The number of nitrogens with zero attached hydrogens (tertiary/aromatic N) is 4. The number of hydrogen-bond donors (Lipinski definition) is 0. The molecule has 0 N–H and O–H groups in total. The Hall–Kier alpha value is -7.04. The Morgan fingerprint density at radius 1 is 0.308 bits per heavy atom. The van der Waals surface area contributed by atoms with Gasteiger partial charge in [-0.3, -0.25) is 9.97 Å². The van der Waals surface area contributed by atoms with Crippen molar-refractivity contribution in [1.82, 2.24) is 19.9 Å². The molecule has 0 atom stereocenters. The molecule has 0 aliphatic rings. The molecule has 0 bridgehead atoms. The summed E-state index contributed by atoms with van der Waals surface area (Å²) in [7, 11) is 0. The molecule has 52 heavy (non-hydrogen) atoms. The Kier molecular flexibility index (Phi) is 7.10. The molecular formula is C48H30N4. The van der Waals surface area contributed by atoms with Gasteiger partial charge in [-0.05, 0) is 114 Å². The van der Waals surface area contributed by atoms with Crippen molar-refractivity contribution < 1.29 is 0 Å². The molecule has 242 valence electrons. The number of aromatic nitrogens is 4. The van der Waals surface area contributed by atoms with Gasteiger partial charge in [0.2, 0.25) is 0 Å². The summed E-state index contributed by atoms with van der Waals surface area (Å²) in [5.74, 6) is 0.663. The summed E-state index contributed by atoms with van der Waals surface area (Å²) in [6, 6.07) is 57.9. The van der Waals surface area contributed by atoms with Crippen molar-refractivity contribution in [2.45, 2.75) is 0 Å². The predicted molar refractivity (Wildman–Crippen MR) is 215 cm³/mol. The summed E-state index contributed by atoms with van der Waals surface area (Å²) >= 11 is 0. The molecule has 0 aliphatic heterocycles. The maximum atomic E-state index is 5.17. The second-order valence-corrected chi connectivity index (χ2v) is 13.1. The van der Waals surface area contributed by atoms with Gasteiger partial charge in [0.15, 0.2) is 5.82 Å². The first-order valence-electron chi connectivity index (χ1n) is 17.4. The Balaban J connectivity index is 1.06. The summed E-state index contributed by atoms with van der Waals surface area (Å²) in [6.45, 7) is 0. The Morgan fingerprint density at radius 2 is 0.827 bits per heavy atom. The minimum absolute atomic E-state index is 0.663. The standard InChI is InChI=1S/C48H30N4/c1-2-15-40-38(13-1)39-14-3-4-16-41(39)44-29-35(19-20-42(40)44)33-10-7-9-32(27-33)34-11-8-12-37(28-34)48-51-45-18-6-5-17-43(45)47(52-48)46-30-36(23-26-50-46)31-21-24-49-25-22-31/h1-30H. The van der Waals surface area contributed by atoms with Crippen LogP contribution < -0.4 is 0 Å². The van der Waals surface area contributed by atoms with E-state index in [4.69, 9.17) is 15.0 Å². The third-order valence-electron chi connectivity index (χ3n) is 10.0. The zero-order chi connectivity index (χ0) is 34.4. The minimum Gasteiger partial charge on any atom is -0.265 e. The highest BCUT2D eigenvalue weighted by Gasteiger charge is 2.15. The number of benzene rings is 7. The summed E-state index contributed by atoms with van der Waals surface area (Å²) in [6.07, 6.45) is 5.46. The lowest BCUT2D eigenvalue weighted by Crippen LogP contribution is -1.97. The van der Waals surface area contributed by atoms with Crippen LogP contribution in [0.25, 0.3) is 99.4 Å². The van der Waals surface area contributed by atoms with Gasteiger partial charge in [0.05, 0.1) is 11.2 Å². The molecule has 0 saturated heterocycles. The number of rotatable bonds is 5. The predicted octanol–water partition coefficient (Wildman–Crippen LogP) is 12.2. The summed E-state index contributed by atoms with van der Waals surface area (Å²) in [5.41, 5.74) is 10.2. The maximum absolute atomic E-state index is 5.17. The molecule has 3 heterocycles. The lowest BCUT2D eigenvalue weighted by molar-refractivity contribution is 1.20. The Morgan fingerprint density at radius 3 is 1.52 bits per heavy atom. The first kappa shape index (κ1) is 29.8. The van der Waals surface area contributed by atoms with Crippen LogP contribution in [0.2, 0.25) is 0 Å². The third kappa shape index (κ3) is 5.17. The van der Waals surface area contributed by atoms with Gasteiger partial charge < -0.3 is 0 Å². The molecule has 3 aromatic heterocycles. The van der Waals surface area contributed by atoms with Crippen LogP contribution in [0.3, 0.4) is 0 Å². The van der Waals surface area contributed by atoms with E-state index in [1.807, 2.05) is 55.0 Å². The topological polar surface area (TPSA) is 51.6 Å². The van der Waals surface area contributed by atoms with Crippen molar-refractivity contribution in [3.8, 4) is 56.2 Å². The van der Waals surface area contributed by atoms with Gasteiger partial charge in [-0.2, -0.15) is 0 Å². The fourth-order valence-corrected chi connectivity index (χ4v) is 7.49. The molecule has 0 radical (unpaired) electrons. The smallest absolute Gasteiger partial charge is 0.160 e. The van der Waals surface area contributed by atoms with Crippen LogP contribution in [0, 0.1) is 0 Å². The molecular weight excluding hydrogens is 633 g/mol. The van der Waals surface area contributed by atoms with E-state index in [0.29, 0.717) is 5.82 Å². The third-order valence-corrected chi connectivity index (χ3v) is 10.0. The quantitative estimate of drug-likeness (QED) is 0.172. The number of hydrogen-bond acceptors (Lipinski definition) is 4. The highest BCUT2D eigenvalue weighted by molar-refractivity contribution is 6.25. The van der Waals surface area contributed by atoms with Gasteiger partial charge >= 0.3 is 0 Å². The van der Waals surface area contributed by atoms with E-state index < -0.39 is 0 Å². The lowest BCUT2D eigenvalue weighted by atomic mass is 9.91. The molecule has 4 heteroatoms. The molecule has 0 spiro atoms. The highest BCUT2D eigenvalue weighted by Crippen LogP contribution is 2.38. The first-order valence-corrected chi connectivity index (χ1v) is 17.4. The van der Waals surface area contributed by atoms with Crippen molar-refractivity contribution in [2.75, 3.05) is 0 Å². The fourth-order valence-electron chi connectivity index (χ4n) is 7.49. The van der Waals surface area contributed by atoms with E-state index in [2.05, 4.69) is 132 Å². The Bertz CT molecular complexity index is 2930. The van der Waals surface area contributed by atoms with Gasteiger partial charge in [-0.15, -0.1) is 0 Å². The van der Waals surface area contributed by atoms with E-state index in [-0.39, 0.29) is 0 Å². The zero-order valence-electron chi connectivity index (χ0n) is 28.1. The zero-order valence-corrected chi connectivity index (χ0v) is 28.1. The first-order chi connectivity index (χ1) is 25.8. The van der Waals surface area contributed by atoms with Crippen LogP contribution in [0.5, 0.6) is 0 Å². The van der Waals surface area contributed by atoms with Crippen molar-refractivity contribution in [2.24, 2.45) is 0 Å². The van der Waals surface area contributed by atoms with Crippen LogP contribution in [0.1, 0.15) is 0 Å². The molecule has 0 aliphatic carbocycles. The second-order valence-electron chi connectivity index (χ2n) is 13.1. The normalized spacial score (nSPS) is 11.5. The van der Waals surface area contributed by atoms with Crippen molar-refractivity contribution >= 4 is 43.2 Å². The highest BCUT2D eigenvalue weighted by atomic mass is 14.9. The summed E-state index contributed by atoms with van der Waals surface area (Å²) < 4.78 is 0. The molecule has 0 amide bonds. The van der Waals surface area contributed by atoms with Crippen LogP contribution in [0.4, 0.5) is 0 Å². The number of fused-ring (bicyclic) bond motifs is 7. The molecule has 10 rings (SSSR count). The molecule has 0 fully saturated rings. The molecule has 0 saturated carbocycles. The van der Waals surface area contributed by atoms with E-state index in [1.54, 1.807) is 0 Å². The molecule has 10 aromatic rings. The second kappa shape index (κ2) is 12.4. The van der Waals surface area contributed by atoms with Crippen LogP contribution in [-0.2, 0) is 0 Å². The molecule has 0 unspecified atom stereocenters. The van der Waals surface area contributed by atoms with Crippen molar-refractivity contribution in [3.05, 3.63) is 182 Å². The average molecular weight is 663 g/mol. The maximum Gasteiger partial charge on any atom is 0.160 e. The van der Waals surface area contributed by atoms with Gasteiger partial charge in [0.25, 0.3) is 0 Å². The summed E-state index contributed by atoms with van der Waals surface area (Å²) in [5, 5.41) is 8.63. The van der Waals surface area contributed by atoms with E-state index in [0.717, 1.165) is 50.1 Å². The summed E-state index contributed by atoms with van der Waals surface area (Å²) in [4.78, 5) is 19.2. The van der Waals surface area contributed by atoms with Gasteiger partial charge in [-0.25, -0.2) is 9.97 Å². The Labute approximate surface area is 300 Å². The monoisotopic (exact) mass is 662 g/mol. The minimum atomic E-state index is 0.663. The SMILES string of the molecule is c1cc(-c2cccc(-c3nc(-c4cc(-c5ccncc5)ccn4)c4ccccc4n3)c2)cc(-c2ccc3c4ccccc4c4ccccc4c3c2)c1. The largest absolute Gasteiger partial charge is 0.265 e. The molecule has 4 nitrogen and oxygen atoms in total.